The van der Waals surface area contributed by atoms with E-state index >= 15 is 0 Å². The summed E-state index contributed by atoms with van der Waals surface area (Å²) in [6.07, 6.45) is 1.53. The molecule has 0 fully saturated rings. The molecule has 2 amide bonds. The minimum absolute atomic E-state index is 0.166. The fraction of sp³-hybridized carbons (Fsp3) is 0.0526. The first-order valence-corrected chi connectivity index (χ1v) is 8.99. The van der Waals surface area contributed by atoms with Crippen molar-refractivity contribution in [2.24, 2.45) is 0 Å². The molecule has 1 aliphatic heterocycles. The Balaban J connectivity index is 2.06. The lowest BCUT2D eigenvalue weighted by molar-refractivity contribution is -0.135. The summed E-state index contributed by atoms with van der Waals surface area (Å²) < 4.78 is 0. The highest BCUT2D eigenvalue weighted by atomic mass is 35.5. The summed E-state index contributed by atoms with van der Waals surface area (Å²) in [5.41, 5.74) is 1.04. The highest BCUT2D eigenvalue weighted by Gasteiger charge is 2.38. The summed E-state index contributed by atoms with van der Waals surface area (Å²) in [7, 11) is 0. The highest BCUT2D eigenvalue weighted by Crippen LogP contribution is 2.40. The molecule has 0 aromatic heterocycles. The fourth-order valence-corrected chi connectivity index (χ4v) is 3.70. The van der Waals surface area contributed by atoms with Gasteiger partial charge in [-0.2, -0.15) is 0 Å². The zero-order chi connectivity index (χ0) is 18.0. The maximum absolute atomic E-state index is 12.8. The molecule has 6 heteroatoms. The van der Waals surface area contributed by atoms with Crippen LogP contribution < -0.4 is 0 Å². The number of nitrogens with zero attached hydrogens (tertiary/aromatic N) is 1. The number of halogens is 2. The second-order valence-electron chi connectivity index (χ2n) is 5.28. The Morgan fingerprint density at radius 2 is 1.48 bits per heavy atom. The molecule has 0 radical (unpaired) electrons. The van der Waals surface area contributed by atoms with Crippen molar-refractivity contribution in [1.29, 1.82) is 0 Å². The van der Waals surface area contributed by atoms with Crippen molar-refractivity contribution >= 4 is 52.4 Å². The zero-order valence-electron chi connectivity index (χ0n) is 13.0. The first kappa shape index (κ1) is 17.8. The second kappa shape index (κ2) is 7.48. The first-order chi connectivity index (χ1) is 12.0. The van der Waals surface area contributed by atoms with Crippen molar-refractivity contribution in [3.8, 4) is 0 Å². The molecule has 2 aromatic rings. The summed E-state index contributed by atoms with van der Waals surface area (Å²) in [4.78, 5) is 27.9. The number of carbonyl (C=O) groups is 2. The Morgan fingerprint density at radius 1 is 0.920 bits per heavy atom. The second-order valence-corrected chi connectivity index (χ2v) is 7.23. The Kier molecular flexibility index (Phi) is 5.33. The molecule has 0 spiro atoms. The van der Waals surface area contributed by atoms with Gasteiger partial charge in [0, 0.05) is 21.5 Å². The van der Waals surface area contributed by atoms with Crippen molar-refractivity contribution in [2.45, 2.75) is 4.90 Å². The van der Waals surface area contributed by atoms with Gasteiger partial charge < -0.3 is 0 Å². The summed E-state index contributed by atoms with van der Waals surface area (Å²) >= 11 is 13.1. The third kappa shape index (κ3) is 3.66. The maximum Gasteiger partial charge on any atom is 0.268 e. The van der Waals surface area contributed by atoms with E-state index in [0.29, 0.717) is 26.1 Å². The Hall–Kier alpha value is -2.01. The van der Waals surface area contributed by atoms with E-state index in [1.54, 1.807) is 36.4 Å². The summed E-state index contributed by atoms with van der Waals surface area (Å²) in [6.45, 7) is 3.78. The van der Waals surface area contributed by atoms with E-state index in [1.807, 2.05) is 12.1 Å². The largest absolute Gasteiger partial charge is 0.270 e. The minimum Gasteiger partial charge on any atom is -0.270 e. The lowest BCUT2D eigenvalue weighted by Crippen LogP contribution is -2.31. The van der Waals surface area contributed by atoms with Crippen LogP contribution in [0.3, 0.4) is 0 Å². The van der Waals surface area contributed by atoms with E-state index in [2.05, 4.69) is 6.58 Å². The van der Waals surface area contributed by atoms with Crippen molar-refractivity contribution < 1.29 is 9.59 Å². The van der Waals surface area contributed by atoms with Crippen LogP contribution in [0, 0.1) is 0 Å². The third-order valence-corrected chi connectivity index (χ3v) is 5.20. The average Bonchev–Trinajstić information content (AvgIpc) is 2.83. The number of benzene rings is 2. The standard InChI is InChI=1S/C19H13Cl2NO2S/c1-2-11-22-18(23)16(12-3-5-13(20)6-4-12)17(19(22)24)25-15-9-7-14(21)8-10-15/h2-10H,1,11H2. The van der Waals surface area contributed by atoms with Crippen molar-refractivity contribution in [1.82, 2.24) is 4.90 Å². The van der Waals surface area contributed by atoms with Gasteiger partial charge in [0.1, 0.15) is 0 Å². The molecular formula is C19H13Cl2NO2S. The van der Waals surface area contributed by atoms with Crippen LogP contribution in [0.2, 0.25) is 10.0 Å². The quantitative estimate of drug-likeness (QED) is 0.530. The lowest BCUT2D eigenvalue weighted by Gasteiger charge is -2.12. The maximum atomic E-state index is 12.8. The zero-order valence-corrected chi connectivity index (χ0v) is 15.4. The van der Waals surface area contributed by atoms with Gasteiger partial charge >= 0.3 is 0 Å². The molecule has 0 saturated heterocycles. The molecule has 0 saturated carbocycles. The molecule has 0 unspecified atom stereocenters. The van der Waals surface area contributed by atoms with Gasteiger partial charge in [0.25, 0.3) is 11.8 Å². The minimum atomic E-state index is -0.330. The van der Waals surface area contributed by atoms with Gasteiger partial charge in [0.15, 0.2) is 0 Å². The molecular weight excluding hydrogens is 377 g/mol. The Bertz CT molecular complexity index is 873. The lowest BCUT2D eigenvalue weighted by atomic mass is 10.1. The van der Waals surface area contributed by atoms with Gasteiger partial charge in [-0.25, -0.2) is 0 Å². The topological polar surface area (TPSA) is 37.4 Å². The molecule has 126 valence electrons. The molecule has 0 bridgehead atoms. The van der Waals surface area contributed by atoms with E-state index in [9.17, 15) is 9.59 Å². The fourth-order valence-electron chi connectivity index (χ4n) is 2.44. The van der Waals surface area contributed by atoms with E-state index in [-0.39, 0.29) is 18.4 Å². The van der Waals surface area contributed by atoms with Gasteiger partial charge in [-0.1, -0.05) is 53.2 Å². The number of imide groups is 1. The molecule has 3 nitrogen and oxygen atoms in total. The van der Waals surface area contributed by atoms with Crippen molar-refractivity contribution in [2.75, 3.05) is 6.54 Å². The van der Waals surface area contributed by atoms with Gasteiger partial charge in [-0.15, -0.1) is 6.58 Å². The number of thioether (sulfide) groups is 1. The van der Waals surface area contributed by atoms with E-state index < -0.39 is 0 Å². The van der Waals surface area contributed by atoms with Crippen molar-refractivity contribution in [3.05, 3.63) is 81.7 Å². The van der Waals surface area contributed by atoms with E-state index in [1.165, 1.54) is 22.7 Å². The monoisotopic (exact) mass is 389 g/mol. The van der Waals surface area contributed by atoms with E-state index in [0.717, 1.165) is 4.90 Å². The molecule has 1 aliphatic rings. The van der Waals surface area contributed by atoms with Crippen LogP contribution in [-0.2, 0) is 9.59 Å². The highest BCUT2D eigenvalue weighted by molar-refractivity contribution is 8.04. The number of carbonyl (C=O) groups excluding carboxylic acids is 2. The SMILES string of the molecule is C=CCN1C(=O)C(Sc2ccc(Cl)cc2)=C(c2ccc(Cl)cc2)C1=O. The van der Waals surface area contributed by atoms with Gasteiger partial charge in [0.2, 0.25) is 0 Å². The molecule has 1 heterocycles. The van der Waals surface area contributed by atoms with Crippen LogP contribution in [0.15, 0.2) is 71.0 Å². The number of hydrogen-bond donors (Lipinski definition) is 0. The number of rotatable bonds is 5. The molecule has 3 rings (SSSR count). The Morgan fingerprint density at radius 3 is 2.04 bits per heavy atom. The van der Waals surface area contributed by atoms with E-state index in [4.69, 9.17) is 23.2 Å². The smallest absolute Gasteiger partial charge is 0.268 e. The van der Waals surface area contributed by atoms with Crippen molar-refractivity contribution in [3.63, 3.8) is 0 Å². The molecule has 0 atom stereocenters. The summed E-state index contributed by atoms with van der Waals surface area (Å²) in [5.74, 6) is -0.654. The van der Waals surface area contributed by atoms with Crippen LogP contribution in [0.25, 0.3) is 5.57 Å². The van der Waals surface area contributed by atoms with Crippen LogP contribution in [0.5, 0.6) is 0 Å². The number of hydrogen-bond acceptors (Lipinski definition) is 3. The normalized spacial score (nSPS) is 14.4. The van der Waals surface area contributed by atoms with Gasteiger partial charge in [-0.3, -0.25) is 14.5 Å². The average molecular weight is 390 g/mol. The summed E-state index contributed by atoms with van der Waals surface area (Å²) in [6, 6.07) is 14.0. The predicted octanol–water partition coefficient (Wildman–Crippen LogP) is 5.05. The molecule has 25 heavy (non-hydrogen) atoms. The molecule has 0 aliphatic carbocycles. The van der Waals surface area contributed by atoms with Crippen LogP contribution in [0.4, 0.5) is 0 Å². The molecule has 2 aromatic carbocycles. The number of amides is 2. The van der Waals surface area contributed by atoms with Crippen LogP contribution in [-0.4, -0.2) is 23.3 Å². The summed E-state index contributed by atoms with van der Waals surface area (Å²) in [5, 5.41) is 1.18. The molecule has 0 N–H and O–H groups in total. The first-order valence-electron chi connectivity index (χ1n) is 7.42. The van der Waals surface area contributed by atoms with Gasteiger partial charge in [-0.05, 0) is 42.0 Å². The Labute approximate surface area is 159 Å². The van der Waals surface area contributed by atoms with Crippen LogP contribution in [0.1, 0.15) is 5.56 Å². The third-order valence-electron chi connectivity index (χ3n) is 3.60. The van der Waals surface area contributed by atoms with Crippen LogP contribution >= 0.6 is 35.0 Å². The predicted molar refractivity (Wildman–Crippen MR) is 103 cm³/mol. The van der Waals surface area contributed by atoms with Gasteiger partial charge in [0.05, 0.1) is 10.5 Å².